The Morgan fingerprint density at radius 3 is 2.57 bits per heavy atom. The molecule has 5 aliphatic rings. The summed E-state index contributed by atoms with van der Waals surface area (Å²) < 4.78 is 6.57. The number of nitrogens with one attached hydrogen (secondary N) is 2. The molecular weight excluding hydrogens is 444 g/mol. The summed E-state index contributed by atoms with van der Waals surface area (Å²) in [7, 11) is 0. The van der Waals surface area contributed by atoms with Gasteiger partial charge in [0.15, 0.2) is 0 Å². The van der Waals surface area contributed by atoms with E-state index in [1.807, 2.05) is 18.2 Å². The van der Waals surface area contributed by atoms with E-state index >= 15 is 0 Å². The second-order valence-corrected chi connectivity index (χ2v) is 11.0. The molecule has 6 rings (SSSR count). The molecule has 1 saturated carbocycles. The van der Waals surface area contributed by atoms with Crippen molar-refractivity contribution in [3.63, 3.8) is 0 Å². The fraction of sp³-hybridized carbons (Fsp3) is 0.667. The first kappa shape index (κ1) is 23.0. The number of imide groups is 1. The molecule has 35 heavy (non-hydrogen) atoms. The number of rotatable bonds is 5. The van der Waals surface area contributed by atoms with Gasteiger partial charge in [-0.2, -0.15) is 0 Å². The highest BCUT2D eigenvalue weighted by Crippen LogP contribution is 2.35. The summed E-state index contributed by atoms with van der Waals surface area (Å²) in [4.78, 5) is 41.0. The number of hydrogen-bond donors (Lipinski definition) is 2. The van der Waals surface area contributed by atoms with E-state index in [2.05, 4.69) is 15.5 Å². The van der Waals surface area contributed by atoms with Gasteiger partial charge in [-0.1, -0.05) is 12.8 Å². The summed E-state index contributed by atoms with van der Waals surface area (Å²) in [5.74, 6) is 0.795. The van der Waals surface area contributed by atoms with Crippen LogP contribution < -0.4 is 15.4 Å². The molecule has 2 N–H and O–H groups in total. The van der Waals surface area contributed by atoms with Crippen LogP contribution in [0, 0.1) is 5.92 Å². The summed E-state index contributed by atoms with van der Waals surface area (Å²) in [5.41, 5.74) is 1.53. The lowest BCUT2D eigenvalue weighted by Crippen LogP contribution is -2.62. The summed E-state index contributed by atoms with van der Waals surface area (Å²) in [6.45, 7) is 3.88. The van der Waals surface area contributed by atoms with Gasteiger partial charge in [-0.05, 0) is 74.8 Å². The van der Waals surface area contributed by atoms with Gasteiger partial charge in [0, 0.05) is 43.7 Å². The second-order valence-electron chi connectivity index (χ2n) is 11.0. The van der Waals surface area contributed by atoms with E-state index in [0.29, 0.717) is 30.6 Å². The van der Waals surface area contributed by atoms with Gasteiger partial charge in [0.25, 0.3) is 5.91 Å². The zero-order valence-electron chi connectivity index (χ0n) is 20.3. The molecule has 3 amide bonds. The van der Waals surface area contributed by atoms with Crippen molar-refractivity contribution in [3.05, 3.63) is 29.3 Å². The number of ether oxygens (including phenoxy) is 1. The summed E-state index contributed by atoms with van der Waals surface area (Å²) >= 11 is 0. The van der Waals surface area contributed by atoms with Crippen molar-refractivity contribution in [2.24, 2.45) is 5.92 Å². The summed E-state index contributed by atoms with van der Waals surface area (Å²) in [6, 6.07) is 6.28. The van der Waals surface area contributed by atoms with Crippen LogP contribution >= 0.6 is 0 Å². The predicted octanol–water partition coefficient (Wildman–Crippen LogP) is 2.21. The number of carbonyl (C=O) groups is 3. The number of carbonyl (C=O) groups excluding carboxylic acids is 3. The quantitative estimate of drug-likeness (QED) is 0.628. The normalized spacial score (nSPS) is 32.2. The number of fused-ring (bicyclic) bond motifs is 1. The standard InChI is InChI=1S/C27H36N4O4/c32-25-11-10-23(26(33)29-25)31-16-17-13-19(8-9-20(17)27(31)34)35-24-7-2-1-6-22(24)30-14-18(15-30)21-5-3-4-12-28-21/h8-9,13,18,21-24,28H,1-7,10-12,14-16H2,(H,29,32,33)/t21?,22-,23?,24+/m1/s1. The van der Waals surface area contributed by atoms with Crippen molar-refractivity contribution >= 4 is 17.7 Å². The Bertz CT molecular complexity index is 1000. The lowest BCUT2D eigenvalue weighted by molar-refractivity contribution is -0.136. The Morgan fingerprint density at radius 1 is 0.943 bits per heavy atom. The molecule has 0 aromatic heterocycles. The molecule has 1 aromatic carbocycles. The number of piperidine rings is 2. The van der Waals surface area contributed by atoms with E-state index in [0.717, 1.165) is 30.2 Å². The van der Waals surface area contributed by atoms with Crippen molar-refractivity contribution in [1.82, 2.24) is 20.4 Å². The predicted molar refractivity (Wildman–Crippen MR) is 130 cm³/mol. The van der Waals surface area contributed by atoms with Gasteiger partial charge in [0.2, 0.25) is 11.8 Å². The van der Waals surface area contributed by atoms with Crippen molar-refractivity contribution < 1.29 is 19.1 Å². The van der Waals surface area contributed by atoms with Crippen molar-refractivity contribution in [2.75, 3.05) is 19.6 Å². The molecule has 4 atom stereocenters. The number of amides is 3. The minimum Gasteiger partial charge on any atom is -0.489 e. The van der Waals surface area contributed by atoms with Crippen LogP contribution in [0.15, 0.2) is 18.2 Å². The van der Waals surface area contributed by atoms with E-state index in [9.17, 15) is 14.4 Å². The average Bonchev–Trinajstić information content (AvgIpc) is 3.15. The van der Waals surface area contributed by atoms with Crippen LogP contribution in [-0.4, -0.2) is 71.4 Å². The fourth-order valence-corrected chi connectivity index (χ4v) is 6.79. The molecule has 2 unspecified atom stereocenters. The fourth-order valence-electron chi connectivity index (χ4n) is 6.79. The van der Waals surface area contributed by atoms with Crippen LogP contribution in [0.2, 0.25) is 0 Å². The monoisotopic (exact) mass is 480 g/mol. The topological polar surface area (TPSA) is 91.0 Å². The van der Waals surface area contributed by atoms with Crippen LogP contribution in [0.3, 0.4) is 0 Å². The first-order valence-corrected chi connectivity index (χ1v) is 13.5. The third kappa shape index (κ3) is 4.47. The maximum atomic E-state index is 13.0. The SMILES string of the molecule is O=C1CCC(N2Cc3cc(O[C@H]4CCCC[C@H]4N4CC(C5CCCCN5)C4)ccc3C2=O)C(=O)N1. The van der Waals surface area contributed by atoms with E-state index in [1.54, 1.807) is 4.90 Å². The van der Waals surface area contributed by atoms with E-state index < -0.39 is 6.04 Å². The van der Waals surface area contributed by atoms with E-state index in [1.165, 1.54) is 51.6 Å². The van der Waals surface area contributed by atoms with Crippen LogP contribution in [0.4, 0.5) is 0 Å². The summed E-state index contributed by atoms with van der Waals surface area (Å²) in [6.07, 6.45) is 9.48. The van der Waals surface area contributed by atoms with Gasteiger partial charge >= 0.3 is 0 Å². The average molecular weight is 481 g/mol. The largest absolute Gasteiger partial charge is 0.489 e. The molecule has 188 valence electrons. The third-order valence-corrected chi connectivity index (χ3v) is 8.77. The first-order valence-electron chi connectivity index (χ1n) is 13.5. The maximum absolute atomic E-state index is 13.0. The number of likely N-dealkylation sites (tertiary alicyclic amines) is 1. The molecule has 0 spiro atoms. The molecule has 4 heterocycles. The minimum atomic E-state index is -0.585. The Kier molecular flexibility index (Phi) is 6.26. The smallest absolute Gasteiger partial charge is 0.255 e. The number of hydrogen-bond acceptors (Lipinski definition) is 6. The van der Waals surface area contributed by atoms with Gasteiger partial charge in [-0.3, -0.25) is 24.6 Å². The molecular formula is C27H36N4O4. The van der Waals surface area contributed by atoms with Gasteiger partial charge in [0.1, 0.15) is 17.9 Å². The molecule has 0 bridgehead atoms. The summed E-state index contributed by atoms with van der Waals surface area (Å²) in [5, 5.41) is 6.09. The molecule has 0 radical (unpaired) electrons. The second kappa shape index (κ2) is 9.54. The van der Waals surface area contributed by atoms with Crippen LogP contribution in [0.25, 0.3) is 0 Å². The van der Waals surface area contributed by atoms with Crippen molar-refractivity contribution in [2.45, 2.75) is 88.6 Å². The highest BCUT2D eigenvalue weighted by molar-refractivity contribution is 6.05. The zero-order chi connectivity index (χ0) is 23.9. The highest BCUT2D eigenvalue weighted by atomic mass is 16.5. The molecule has 1 aliphatic carbocycles. The number of nitrogens with zero attached hydrogens (tertiary/aromatic N) is 2. The van der Waals surface area contributed by atoms with Crippen molar-refractivity contribution in [3.8, 4) is 5.75 Å². The first-order chi connectivity index (χ1) is 17.1. The molecule has 8 nitrogen and oxygen atoms in total. The Balaban J connectivity index is 1.10. The van der Waals surface area contributed by atoms with Gasteiger partial charge < -0.3 is 15.0 Å². The molecule has 4 fully saturated rings. The van der Waals surface area contributed by atoms with Gasteiger partial charge in [-0.25, -0.2) is 0 Å². The minimum absolute atomic E-state index is 0.139. The van der Waals surface area contributed by atoms with Crippen LogP contribution in [0.5, 0.6) is 5.75 Å². The molecule has 1 aromatic rings. The van der Waals surface area contributed by atoms with Gasteiger partial charge in [-0.15, -0.1) is 0 Å². The Labute approximate surface area is 206 Å². The number of benzene rings is 1. The van der Waals surface area contributed by atoms with Crippen LogP contribution in [0.1, 0.15) is 73.7 Å². The van der Waals surface area contributed by atoms with Crippen molar-refractivity contribution in [1.29, 1.82) is 0 Å². The Morgan fingerprint density at radius 2 is 1.77 bits per heavy atom. The van der Waals surface area contributed by atoms with Crippen LogP contribution in [-0.2, 0) is 16.1 Å². The molecule has 3 saturated heterocycles. The molecule has 8 heteroatoms. The van der Waals surface area contributed by atoms with Gasteiger partial charge in [0.05, 0.1) is 0 Å². The lowest BCUT2D eigenvalue weighted by atomic mass is 9.82. The van der Waals surface area contributed by atoms with E-state index in [-0.39, 0.29) is 30.2 Å². The molecule has 4 aliphatic heterocycles. The van der Waals surface area contributed by atoms with E-state index in [4.69, 9.17) is 4.74 Å². The maximum Gasteiger partial charge on any atom is 0.255 e. The zero-order valence-corrected chi connectivity index (χ0v) is 20.3. The highest BCUT2D eigenvalue weighted by Gasteiger charge is 2.42. The Hall–Kier alpha value is -2.45. The third-order valence-electron chi connectivity index (χ3n) is 8.77. The lowest BCUT2D eigenvalue weighted by Gasteiger charge is -2.51.